The molecule has 1 saturated heterocycles. The number of amides is 3. The first kappa shape index (κ1) is 23.4. The molecule has 2 unspecified atom stereocenters. The Bertz CT molecular complexity index is 788. The van der Waals surface area contributed by atoms with E-state index in [0.29, 0.717) is 0 Å². The molecule has 0 aromatic carbocycles. The summed E-state index contributed by atoms with van der Waals surface area (Å²) < 4.78 is 15.1. The average Bonchev–Trinajstić information content (AvgIpc) is 3.29. The van der Waals surface area contributed by atoms with Gasteiger partial charge in [-0.15, -0.1) is 0 Å². The summed E-state index contributed by atoms with van der Waals surface area (Å²) in [6.45, 7) is 7.64. The van der Waals surface area contributed by atoms with E-state index < -0.39 is 41.9 Å². The number of likely N-dealkylation sites (N-methyl/N-ethyl adjacent to an activating group) is 1. The van der Waals surface area contributed by atoms with Crippen LogP contribution in [0.3, 0.4) is 0 Å². The van der Waals surface area contributed by atoms with Gasteiger partial charge in [0.2, 0.25) is 11.8 Å². The molecule has 0 radical (unpaired) electrons. The molecule has 10 nitrogen and oxygen atoms in total. The molecular weight excluding hydrogens is 394 g/mol. The Morgan fingerprint density at radius 1 is 1.37 bits per heavy atom. The van der Waals surface area contributed by atoms with Crippen molar-refractivity contribution in [3.8, 4) is 5.75 Å². The van der Waals surface area contributed by atoms with E-state index in [1.54, 1.807) is 0 Å². The third-order valence-electron chi connectivity index (χ3n) is 5.66. The molecule has 3 amide bonds. The van der Waals surface area contributed by atoms with Gasteiger partial charge in [0.25, 0.3) is 0 Å². The van der Waals surface area contributed by atoms with E-state index in [-0.39, 0.29) is 30.1 Å². The Labute approximate surface area is 175 Å². The molecule has 0 spiro atoms. The van der Waals surface area contributed by atoms with Crippen LogP contribution in [0.2, 0.25) is 0 Å². The minimum absolute atomic E-state index is 0.184. The molecule has 0 aliphatic carbocycles. The zero-order valence-electron chi connectivity index (χ0n) is 17.8. The second-order valence-corrected chi connectivity index (χ2v) is 8.39. The van der Waals surface area contributed by atoms with Crippen LogP contribution in [0.25, 0.3) is 0 Å². The number of carbonyl (C=O) groups excluding carboxylic acids is 4. The molecule has 166 valence electrons. The van der Waals surface area contributed by atoms with Crippen LogP contribution in [0.5, 0.6) is 5.75 Å². The van der Waals surface area contributed by atoms with Gasteiger partial charge < -0.3 is 29.8 Å². The third kappa shape index (κ3) is 5.38. The van der Waals surface area contributed by atoms with Crippen molar-refractivity contribution in [2.24, 2.45) is 17.1 Å². The van der Waals surface area contributed by atoms with Gasteiger partial charge in [0.05, 0.1) is 6.26 Å². The lowest BCUT2D eigenvalue weighted by Gasteiger charge is -2.35. The maximum atomic E-state index is 13.3. The Hall–Kier alpha value is -2.88. The van der Waals surface area contributed by atoms with Gasteiger partial charge in [-0.2, -0.15) is 0 Å². The van der Waals surface area contributed by atoms with Gasteiger partial charge in [-0.25, -0.2) is 4.79 Å². The summed E-state index contributed by atoms with van der Waals surface area (Å²) in [6, 6.07) is -0.702. The van der Waals surface area contributed by atoms with E-state index in [1.807, 2.05) is 27.7 Å². The van der Waals surface area contributed by atoms with Crippen LogP contribution < -0.4 is 15.8 Å². The van der Waals surface area contributed by atoms with Crippen LogP contribution in [0.4, 0.5) is 4.79 Å². The highest BCUT2D eigenvalue weighted by atomic mass is 16.6. The summed E-state index contributed by atoms with van der Waals surface area (Å²) in [5.74, 6) is -1.44. The number of rotatable bonds is 8. The molecule has 3 atom stereocenters. The zero-order valence-corrected chi connectivity index (χ0v) is 17.8. The lowest BCUT2D eigenvalue weighted by Crippen LogP contribution is -2.57. The molecule has 1 aliphatic rings. The lowest BCUT2D eigenvalue weighted by molar-refractivity contribution is -0.141. The van der Waals surface area contributed by atoms with Crippen molar-refractivity contribution in [2.75, 3.05) is 13.7 Å². The van der Waals surface area contributed by atoms with Crippen LogP contribution >= 0.6 is 0 Å². The predicted molar refractivity (Wildman–Crippen MR) is 105 cm³/mol. The summed E-state index contributed by atoms with van der Waals surface area (Å²) in [7, 11) is 1.38. The van der Waals surface area contributed by atoms with Crippen molar-refractivity contribution in [2.45, 2.75) is 52.3 Å². The molecule has 2 heterocycles. The molecule has 3 N–H and O–H groups in total. The number of primary amides is 1. The highest BCUT2D eigenvalue weighted by Gasteiger charge is 2.45. The standard InChI is InChI=1S/C20H29N3O7/c1-11(2)20(3,4)8-13(22-19(27)30-12-6-7-28-9-12)18(26)23(5)15-14(24)10-29-16(15)17(21)25/h6-7,9,11,13,15-16H,8,10H2,1-5H3,(H2,21,25)(H,22,27)/t13-,15?,16?/m0/s1. The number of hydrogen-bond donors (Lipinski definition) is 2. The fourth-order valence-electron chi connectivity index (χ4n) is 3.11. The number of ether oxygens (including phenoxy) is 2. The summed E-state index contributed by atoms with van der Waals surface area (Å²) in [5, 5.41) is 2.57. The van der Waals surface area contributed by atoms with E-state index in [4.69, 9.17) is 19.6 Å². The molecule has 10 heteroatoms. The predicted octanol–water partition coefficient (Wildman–Crippen LogP) is 1.09. The minimum Gasteiger partial charge on any atom is -0.469 e. The van der Waals surface area contributed by atoms with E-state index >= 15 is 0 Å². The molecule has 1 aromatic heterocycles. The zero-order chi connectivity index (χ0) is 22.6. The first-order valence-corrected chi connectivity index (χ1v) is 9.65. The summed E-state index contributed by atoms with van der Waals surface area (Å²) in [4.78, 5) is 50.6. The number of hydrogen-bond acceptors (Lipinski definition) is 7. The Balaban J connectivity index is 2.23. The van der Waals surface area contributed by atoms with Gasteiger partial charge in [0.15, 0.2) is 17.6 Å². The molecule has 1 aliphatic heterocycles. The minimum atomic E-state index is -1.23. The molecule has 30 heavy (non-hydrogen) atoms. The highest BCUT2D eigenvalue weighted by Crippen LogP contribution is 2.32. The molecule has 1 fully saturated rings. The van der Waals surface area contributed by atoms with Crippen molar-refractivity contribution in [1.82, 2.24) is 10.2 Å². The van der Waals surface area contributed by atoms with Gasteiger partial charge in [-0.1, -0.05) is 27.7 Å². The topological polar surface area (TPSA) is 141 Å². The number of ketones is 1. The summed E-state index contributed by atoms with van der Waals surface area (Å²) in [5.41, 5.74) is 4.98. The van der Waals surface area contributed by atoms with Crippen molar-refractivity contribution < 1.29 is 33.1 Å². The largest absolute Gasteiger partial charge is 0.469 e. The highest BCUT2D eigenvalue weighted by molar-refractivity contribution is 5.99. The van der Waals surface area contributed by atoms with Crippen LogP contribution in [0.15, 0.2) is 23.0 Å². The summed E-state index contributed by atoms with van der Waals surface area (Å²) >= 11 is 0. The number of Topliss-reactive ketones (excluding diaryl/α,β-unsaturated/α-hetero) is 1. The number of furan rings is 1. The monoisotopic (exact) mass is 423 g/mol. The van der Waals surface area contributed by atoms with Crippen LogP contribution in [0, 0.1) is 11.3 Å². The number of carbonyl (C=O) groups is 4. The maximum Gasteiger partial charge on any atom is 0.413 e. The van der Waals surface area contributed by atoms with Crippen molar-refractivity contribution in [3.05, 3.63) is 18.6 Å². The van der Waals surface area contributed by atoms with Crippen molar-refractivity contribution >= 4 is 23.7 Å². The fourth-order valence-corrected chi connectivity index (χ4v) is 3.11. The van der Waals surface area contributed by atoms with E-state index in [0.717, 1.165) is 4.90 Å². The third-order valence-corrected chi connectivity index (χ3v) is 5.66. The normalized spacial score (nSPS) is 20.1. The average molecular weight is 423 g/mol. The molecule has 1 aromatic rings. The lowest BCUT2D eigenvalue weighted by atomic mass is 9.76. The Morgan fingerprint density at radius 2 is 2.03 bits per heavy atom. The molecule has 0 bridgehead atoms. The van der Waals surface area contributed by atoms with Gasteiger partial charge in [-0.3, -0.25) is 14.4 Å². The second-order valence-electron chi connectivity index (χ2n) is 8.39. The quantitative estimate of drug-likeness (QED) is 0.637. The first-order chi connectivity index (χ1) is 13.9. The Morgan fingerprint density at radius 3 is 2.57 bits per heavy atom. The molecule has 2 rings (SSSR count). The number of nitrogens with one attached hydrogen (secondary N) is 1. The van der Waals surface area contributed by atoms with Crippen LogP contribution in [-0.2, 0) is 19.1 Å². The second kappa shape index (κ2) is 9.29. The smallest absolute Gasteiger partial charge is 0.413 e. The number of nitrogens with zero attached hydrogens (tertiary/aromatic N) is 1. The summed E-state index contributed by atoms with van der Waals surface area (Å²) in [6.07, 6.45) is 0.784. The van der Waals surface area contributed by atoms with E-state index in [9.17, 15) is 19.2 Å². The first-order valence-electron chi connectivity index (χ1n) is 9.65. The van der Waals surface area contributed by atoms with Crippen molar-refractivity contribution in [1.29, 1.82) is 0 Å². The Kier molecular flexibility index (Phi) is 7.25. The maximum absolute atomic E-state index is 13.3. The van der Waals surface area contributed by atoms with Gasteiger partial charge in [-0.05, 0) is 17.8 Å². The molecular formula is C20H29N3O7. The fraction of sp³-hybridized carbons (Fsp3) is 0.600. The molecule has 0 saturated carbocycles. The van der Waals surface area contributed by atoms with Gasteiger partial charge in [0, 0.05) is 13.1 Å². The van der Waals surface area contributed by atoms with E-state index in [2.05, 4.69) is 5.32 Å². The SMILES string of the molecule is CC(C)C(C)(C)C[C@H](NC(=O)Oc1ccoc1)C(=O)N(C)C1C(=O)COC1C(N)=O. The van der Waals surface area contributed by atoms with Crippen molar-refractivity contribution in [3.63, 3.8) is 0 Å². The number of nitrogens with two attached hydrogens (primary N) is 1. The van der Waals surface area contributed by atoms with Crippen LogP contribution in [-0.4, -0.2) is 60.4 Å². The van der Waals surface area contributed by atoms with Gasteiger partial charge >= 0.3 is 6.09 Å². The van der Waals surface area contributed by atoms with Crippen LogP contribution in [0.1, 0.15) is 34.1 Å². The van der Waals surface area contributed by atoms with E-state index in [1.165, 1.54) is 25.6 Å². The van der Waals surface area contributed by atoms with Gasteiger partial charge in [0.1, 0.15) is 25.0 Å².